The number of fused-ring (bicyclic) bond motifs is 1. The SMILES string of the molecule is O=C(COC(=O)CN1C(=O)[C@H]2CC=CC[C@H]2C1=O)Nc1ccc(-c2ccccc2)cc1. The van der Waals surface area contributed by atoms with Gasteiger partial charge in [0.05, 0.1) is 11.8 Å². The van der Waals surface area contributed by atoms with Crippen LogP contribution in [0.4, 0.5) is 5.69 Å². The molecular weight excluding hydrogens is 396 g/mol. The zero-order valence-corrected chi connectivity index (χ0v) is 16.8. The molecular formula is C24H22N2O5. The van der Waals surface area contributed by atoms with Crippen LogP contribution in [-0.2, 0) is 23.9 Å². The van der Waals surface area contributed by atoms with Gasteiger partial charge in [-0.3, -0.25) is 24.1 Å². The first-order chi connectivity index (χ1) is 15.0. The average Bonchev–Trinajstić information content (AvgIpc) is 3.04. The normalized spacial score (nSPS) is 19.8. The number of carbonyl (C=O) groups excluding carboxylic acids is 4. The van der Waals surface area contributed by atoms with Crippen LogP contribution in [0.3, 0.4) is 0 Å². The van der Waals surface area contributed by atoms with E-state index in [1.807, 2.05) is 54.6 Å². The Labute approximate surface area is 179 Å². The Morgan fingerprint density at radius 3 is 2.06 bits per heavy atom. The fraction of sp³-hybridized carbons (Fsp3) is 0.250. The van der Waals surface area contributed by atoms with Crippen molar-refractivity contribution in [3.63, 3.8) is 0 Å². The summed E-state index contributed by atoms with van der Waals surface area (Å²) in [6, 6.07) is 17.1. The molecule has 1 heterocycles. The lowest BCUT2D eigenvalue weighted by Gasteiger charge is -2.14. The van der Waals surface area contributed by atoms with Crippen LogP contribution in [0.2, 0.25) is 0 Å². The molecule has 2 aromatic rings. The van der Waals surface area contributed by atoms with Crippen LogP contribution >= 0.6 is 0 Å². The summed E-state index contributed by atoms with van der Waals surface area (Å²) in [6.07, 6.45) is 4.77. The highest BCUT2D eigenvalue weighted by molar-refractivity contribution is 6.07. The second-order valence-electron chi connectivity index (χ2n) is 7.57. The zero-order chi connectivity index (χ0) is 21.8. The molecule has 4 rings (SSSR count). The predicted octanol–water partition coefficient (Wildman–Crippen LogP) is 2.79. The van der Waals surface area contributed by atoms with E-state index in [-0.39, 0.29) is 11.8 Å². The number of benzene rings is 2. The number of likely N-dealkylation sites (tertiary alicyclic amines) is 1. The number of nitrogens with zero attached hydrogens (tertiary/aromatic N) is 1. The van der Waals surface area contributed by atoms with Gasteiger partial charge in [0.25, 0.3) is 5.91 Å². The number of nitrogens with one attached hydrogen (secondary N) is 1. The van der Waals surface area contributed by atoms with Crippen LogP contribution in [0, 0.1) is 11.8 Å². The molecule has 1 aliphatic carbocycles. The number of hydrogen-bond donors (Lipinski definition) is 1. The summed E-state index contributed by atoms with van der Waals surface area (Å²) in [7, 11) is 0. The van der Waals surface area contributed by atoms with Crippen molar-refractivity contribution in [1.29, 1.82) is 0 Å². The number of carbonyl (C=O) groups is 4. The van der Waals surface area contributed by atoms with E-state index in [2.05, 4.69) is 5.32 Å². The molecule has 0 saturated carbocycles. The molecule has 31 heavy (non-hydrogen) atoms. The van der Waals surface area contributed by atoms with Crippen LogP contribution in [0.25, 0.3) is 11.1 Å². The third-order valence-electron chi connectivity index (χ3n) is 5.53. The fourth-order valence-electron chi connectivity index (χ4n) is 3.92. The van der Waals surface area contributed by atoms with Crippen molar-refractivity contribution < 1.29 is 23.9 Å². The molecule has 1 N–H and O–H groups in total. The molecule has 158 valence electrons. The van der Waals surface area contributed by atoms with Crippen molar-refractivity contribution in [3.05, 3.63) is 66.7 Å². The predicted molar refractivity (Wildman–Crippen MR) is 114 cm³/mol. The quantitative estimate of drug-likeness (QED) is 0.442. The van der Waals surface area contributed by atoms with Crippen molar-refractivity contribution >= 4 is 29.4 Å². The molecule has 1 fully saturated rings. The first-order valence-corrected chi connectivity index (χ1v) is 10.1. The van der Waals surface area contributed by atoms with Gasteiger partial charge in [0, 0.05) is 5.69 Å². The lowest BCUT2D eigenvalue weighted by molar-refractivity contribution is -0.154. The summed E-state index contributed by atoms with van der Waals surface area (Å²) in [6.45, 7) is -0.965. The summed E-state index contributed by atoms with van der Waals surface area (Å²) in [4.78, 5) is 49.9. The number of amides is 3. The summed E-state index contributed by atoms with van der Waals surface area (Å²) in [5.74, 6) is -2.78. The lowest BCUT2D eigenvalue weighted by atomic mass is 9.85. The van der Waals surface area contributed by atoms with Gasteiger partial charge in [0.2, 0.25) is 11.8 Å². The molecule has 2 aliphatic rings. The van der Waals surface area contributed by atoms with Crippen molar-refractivity contribution in [1.82, 2.24) is 4.90 Å². The van der Waals surface area contributed by atoms with Crippen LogP contribution < -0.4 is 5.32 Å². The van der Waals surface area contributed by atoms with Gasteiger partial charge in [-0.15, -0.1) is 0 Å². The van der Waals surface area contributed by atoms with Crippen molar-refractivity contribution in [2.75, 3.05) is 18.5 Å². The minimum Gasteiger partial charge on any atom is -0.454 e. The highest BCUT2D eigenvalue weighted by atomic mass is 16.5. The highest BCUT2D eigenvalue weighted by Gasteiger charge is 2.47. The van der Waals surface area contributed by atoms with E-state index < -0.39 is 36.9 Å². The molecule has 0 spiro atoms. The number of ether oxygens (including phenoxy) is 1. The number of allylic oxidation sites excluding steroid dienone is 2. The number of anilines is 1. The van der Waals surface area contributed by atoms with E-state index in [1.165, 1.54) is 0 Å². The number of imide groups is 1. The second-order valence-corrected chi connectivity index (χ2v) is 7.57. The fourth-order valence-corrected chi connectivity index (χ4v) is 3.92. The molecule has 3 amide bonds. The lowest BCUT2D eigenvalue weighted by Crippen LogP contribution is -2.37. The van der Waals surface area contributed by atoms with E-state index >= 15 is 0 Å². The average molecular weight is 418 g/mol. The molecule has 2 aromatic carbocycles. The first kappa shape index (κ1) is 20.5. The Kier molecular flexibility index (Phi) is 5.93. The molecule has 0 radical (unpaired) electrons. The van der Waals surface area contributed by atoms with Gasteiger partial charge in [-0.05, 0) is 36.1 Å². The molecule has 0 bridgehead atoms. The molecule has 1 saturated heterocycles. The summed E-state index contributed by atoms with van der Waals surface area (Å²) in [5, 5.41) is 2.66. The number of hydrogen-bond acceptors (Lipinski definition) is 5. The van der Waals surface area contributed by atoms with Gasteiger partial charge < -0.3 is 10.1 Å². The van der Waals surface area contributed by atoms with Crippen LogP contribution in [-0.4, -0.2) is 41.7 Å². The third-order valence-corrected chi connectivity index (χ3v) is 5.53. The van der Waals surface area contributed by atoms with Gasteiger partial charge in [-0.25, -0.2) is 0 Å². The highest BCUT2D eigenvalue weighted by Crippen LogP contribution is 2.34. The first-order valence-electron chi connectivity index (χ1n) is 10.1. The molecule has 2 atom stereocenters. The smallest absolute Gasteiger partial charge is 0.326 e. The van der Waals surface area contributed by atoms with Crippen LogP contribution in [0.15, 0.2) is 66.7 Å². The van der Waals surface area contributed by atoms with Crippen LogP contribution in [0.1, 0.15) is 12.8 Å². The summed E-state index contributed by atoms with van der Waals surface area (Å²) < 4.78 is 4.97. The maximum absolute atomic E-state index is 12.4. The largest absolute Gasteiger partial charge is 0.454 e. The van der Waals surface area contributed by atoms with Crippen molar-refractivity contribution in [3.8, 4) is 11.1 Å². The van der Waals surface area contributed by atoms with E-state index in [1.54, 1.807) is 12.1 Å². The molecule has 7 heteroatoms. The van der Waals surface area contributed by atoms with Crippen LogP contribution in [0.5, 0.6) is 0 Å². The van der Waals surface area contributed by atoms with E-state index in [0.717, 1.165) is 16.0 Å². The van der Waals surface area contributed by atoms with Gasteiger partial charge in [0.15, 0.2) is 6.61 Å². The molecule has 0 aromatic heterocycles. The maximum Gasteiger partial charge on any atom is 0.326 e. The van der Waals surface area contributed by atoms with Crippen molar-refractivity contribution in [2.45, 2.75) is 12.8 Å². The Bertz CT molecular complexity index is 1000. The maximum atomic E-state index is 12.4. The van der Waals surface area contributed by atoms with Gasteiger partial charge in [0.1, 0.15) is 6.54 Å². The molecule has 7 nitrogen and oxygen atoms in total. The Morgan fingerprint density at radius 2 is 1.45 bits per heavy atom. The number of esters is 1. The zero-order valence-electron chi connectivity index (χ0n) is 16.8. The number of rotatable bonds is 6. The van der Waals surface area contributed by atoms with E-state index in [4.69, 9.17) is 4.74 Å². The van der Waals surface area contributed by atoms with E-state index in [9.17, 15) is 19.2 Å². The Balaban J connectivity index is 1.26. The Hall–Kier alpha value is -3.74. The van der Waals surface area contributed by atoms with Gasteiger partial charge >= 0.3 is 5.97 Å². The third kappa shape index (κ3) is 4.55. The topological polar surface area (TPSA) is 92.8 Å². The van der Waals surface area contributed by atoms with Gasteiger partial charge in [-0.2, -0.15) is 0 Å². The minimum atomic E-state index is -0.789. The summed E-state index contributed by atoms with van der Waals surface area (Å²) >= 11 is 0. The van der Waals surface area contributed by atoms with Crippen molar-refractivity contribution in [2.24, 2.45) is 11.8 Å². The second kappa shape index (κ2) is 8.95. The standard InChI is InChI=1S/C24H22N2O5/c27-21(25-18-12-10-17(11-13-18)16-6-2-1-3-7-16)15-31-22(28)14-26-23(29)19-8-4-5-9-20(19)24(26)30/h1-7,10-13,19-20H,8-9,14-15H2,(H,25,27)/t19-,20+. The van der Waals surface area contributed by atoms with Gasteiger partial charge in [-0.1, -0.05) is 54.6 Å². The monoisotopic (exact) mass is 418 g/mol. The van der Waals surface area contributed by atoms with E-state index in [0.29, 0.717) is 18.5 Å². The molecule has 0 unspecified atom stereocenters. The Morgan fingerprint density at radius 1 is 0.871 bits per heavy atom. The summed E-state index contributed by atoms with van der Waals surface area (Å²) in [5.41, 5.74) is 2.65. The minimum absolute atomic E-state index is 0.348. The molecule has 1 aliphatic heterocycles.